The van der Waals surface area contributed by atoms with Gasteiger partial charge in [-0.2, -0.15) is 8.42 Å². The van der Waals surface area contributed by atoms with Gasteiger partial charge in [-0.3, -0.25) is 4.55 Å². The van der Waals surface area contributed by atoms with E-state index in [-0.39, 0.29) is 4.90 Å². The van der Waals surface area contributed by atoms with Crippen molar-refractivity contribution in [2.24, 2.45) is 0 Å². The van der Waals surface area contributed by atoms with E-state index in [0.29, 0.717) is 11.1 Å². The lowest BCUT2D eigenvalue weighted by Gasteiger charge is -2.06. The predicted octanol–water partition coefficient (Wildman–Crippen LogP) is 1.98. The zero-order valence-electron chi connectivity index (χ0n) is 8.64. The third-order valence-corrected chi connectivity index (χ3v) is 3.39. The fourth-order valence-corrected chi connectivity index (χ4v) is 2.17. The molecular formula is C11H11NO3S. The molecule has 0 saturated heterocycles. The third kappa shape index (κ3) is 1.75. The van der Waals surface area contributed by atoms with Crippen molar-refractivity contribution in [3.05, 3.63) is 35.9 Å². The van der Waals surface area contributed by atoms with Crippen LogP contribution in [-0.4, -0.2) is 13.0 Å². The molecule has 0 aromatic heterocycles. The predicted molar refractivity (Wildman–Crippen MR) is 62.9 cm³/mol. The van der Waals surface area contributed by atoms with Crippen molar-refractivity contribution in [1.29, 1.82) is 0 Å². The molecule has 2 rings (SSSR count). The van der Waals surface area contributed by atoms with Crippen molar-refractivity contribution in [1.82, 2.24) is 0 Å². The highest BCUT2D eigenvalue weighted by Gasteiger charge is 2.11. The molecule has 0 aliphatic rings. The van der Waals surface area contributed by atoms with E-state index >= 15 is 0 Å². The lowest BCUT2D eigenvalue weighted by Crippen LogP contribution is -1.98. The van der Waals surface area contributed by atoms with Gasteiger partial charge < -0.3 is 5.73 Å². The van der Waals surface area contributed by atoms with E-state index in [1.807, 2.05) is 13.0 Å². The summed E-state index contributed by atoms with van der Waals surface area (Å²) < 4.78 is 30.9. The van der Waals surface area contributed by atoms with Gasteiger partial charge in [0.2, 0.25) is 0 Å². The molecule has 0 aliphatic carbocycles. The van der Waals surface area contributed by atoms with Gasteiger partial charge in [0.15, 0.2) is 0 Å². The molecule has 3 N–H and O–H groups in total. The Labute approximate surface area is 93.4 Å². The Morgan fingerprint density at radius 3 is 2.44 bits per heavy atom. The first-order chi connectivity index (χ1) is 7.39. The van der Waals surface area contributed by atoms with Gasteiger partial charge in [-0.1, -0.05) is 12.1 Å². The number of fused-ring (bicyclic) bond motifs is 1. The van der Waals surface area contributed by atoms with Crippen LogP contribution in [0.4, 0.5) is 5.69 Å². The number of nitrogens with two attached hydrogens (primary N) is 1. The normalized spacial score (nSPS) is 11.9. The molecule has 4 nitrogen and oxygen atoms in total. The van der Waals surface area contributed by atoms with Crippen molar-refractivity contribution in [3.63, 3.8) is 0 Å². The Bertz CT molecular complexity index is 662. The first-order valence-corrected chi connectivity index (χ1v) is 6.10. The van der Waals surface area contributed by atoms with Crippen LogP contribution in [0.1, 0.15) is 5.56 Å². The first kappa shape index (κ1) is 10.9. The van der Waals surface area contributed by atoms with Crippen LogP contribution in [0, 0.1) is 6.92 Å². The average Bonchev–Trinajstić information content (AvgIpc) is 2.22. The summed E-state index contributed by atoms with van der Waals surface area (Å²) in [4.78, 5) is -0.141. The molecule has 84 valence electrons. The second-order valence-corrected chi connectivity index (χ2v) is 5.08. The van der Waals surface area contributed by atoms with Gasteiger partial charge >= 0.3 is 0 Å². The summed E-state index contributed by atoms with van der Waals surface area (Å²) in [5.74, 6) is 0. The average molecular weight is 237 g/mol. The number of rotatable bonds is 1. The molecule has 0 radical (unpaired) electrons. The molecular weight excluding hydrogens is 226 g/mol. The zero-order chi connectivity index (χ0) is 11.9. The Balaban J connectivity index is 2.86. The quantitative estimate of drug-likeness (QED) is 0.587. The number of benzene rings is 2. The summed E-state index contributed by atoms with van der Waals surface area (Å²) in [7, 11) is -4.18. The van der Waals surface area contributed by atoms with Crippen LogP contribution >= 0.6 is 0 Å². The van der Waals surface area contributed by atoms with Crippen LogP contribution in [0.2, 0.25) is 0 Å². The molecule has 2 aromatic carbocycles. The summed E-state index contributed by atoms with van der Waals surface area (Å²) in [6, 6.07) is 7.97. The Hall–Kier alpha value is -1.59. The van der Waals surface area contributed by atoms with Crippen molar-refractivity contribution in [2.45, 2.75) is 11.8 Å². The zero-order valence-corrected chi connectivity index (χ0v) is 9.45. The minimum atomic E-state index is -4.18. The highest BCUT2D eigenvalue weighted by molar-refractivity contribution is 7.85. The summed E-state index contributed by atoms with van der Waals surface area (Å²) in [5.41, 5.74) is 7.26. The van der Waals surface area contributed by atoms with Gasteiger partial charge in [0.25, 0.3) is 10.1 Å². The molecule has 0 spiro atoms. The molecule has 2 aromatic rings. The molecule has 0 aliphatic heterocycles. The van der Waals surface area contributed by atoms with Crippen molar-refractivity contribution in [3.8, 4) is 0 Å². The molecule has 0 amide bonds. The second-order valence-electron chi connectivity index (χ2n) is 3.65. The maximum atomic E-state index is 11.0. The lowest BCUT2D eigenvalue weighted by atomic mass is 10.0. The van der Waals surface area contributed by atoms with Crippen LogP contribution in [0.15, 0.2) is 35.2 Å². The minimum absolute atomic E-state index is 0.141. The van der Waals surface area contributed by atoms with E-state index in [4.69, 9.17) is 10.3 Å². The highest BCUT2D eigenvalue weighted by Crippen LogP contribution is 2.26. The molecule has 16 heavy (non-hydrogen) atoms. The Morgan fingerprint density at radius 2 is 1.81 bits per heavy atom. The summed E-state index contributed by atoms with van der Waals surface area (Å²) >= 11 is 0. The fourth-order valence-electron chi connectivity index (χ4n) is 1.66. The van der Waals surface area contributed by atoms with Crippen molar-refractivity contribution >= 4 is 26.6 Å². The highest BCUT2D eigenvalue weighted by atomic mass is 32.2. The molecule has 0 unspecified atom stereocenters. The van der Waals surface area contributed by atoms with Crippen LogP contribution in [0.5, 0.6) is 0 Å². The van der Waals surface area contributed by atoms with E-state index in [1.54, 1.807) is 12.1 Å². The SMILES string of the molecule is Cc1ccc(N)c2cc(S(=O)(=O)O)ccc12. The largest absolute Gasteiger partial charge is 0.398 e. The van der Waals surface area contributed by atoms with Crippen LogP contribution < -0.4 is 5.73 Å². The van der Waals surface area contributed by atoms with Gasteiger partial charge in [0, 0.05) is 11.1 Å². The second kappa shape index (κ2) is 3.47. The summed E-state index contributed by atoms with van der Waals surface area (Å²) in [6.45, 7) is 1.91. The monoisotopic (exact) mass is 237 g/mol. The van der Waals surface area contributed by atoms with E-state index in [2.05, 4.69) is 0 Å². The Morgan fingerprint density at radius 1 is 1.12 bits per heavy atom. The summed E-state index contributed by atoms with van der Waals surface area (Å²) in [6.07, 6.45) is 0. The molecule has 0 fully saturated rings. The lowest BCUT2D eigenvalue weighted by molar-refractivity contribution is 0.483. The number of hydrogen-bond acceptors (Lipinski definition) is 3. The van der Waals surface area contributed by atoms with E-state index in [9.17, 15) is 8.42 Å². The maximum Gasteiger partial charge on any atom is 0.294 e. The molecule has 0 atom stereocenters. The number of aryl methyl sites for hydroxylation is 1. The van der Waals surface area contributed by atoms with Crippen molar-refractivity contribution < 1.29 is 13.0 Å². The molecule has 0 saturated carbocycles. The van der Waals surface area contributed by atoms with Crippen LogP contribution in [0.3, 0.4) is 0 Å². The van der Waals surface area contributed by atoms with Gasteiger partial charge in [-0.15, -0.1) is 0 Å². The topological polar surface area (TPSA) is 80.4 Å². The fraction of sp³-hybridized carbons (Fsp3) is 0.0909. The summed E-state index contributed by atoms with van der Waals surface area (Å²) in [5, 5.41) is 1.52. The van der Waals surface area contributed by atoms with E-state index < -0.39 is 10.1 Å². The van der Waals surface area contributed by atoms with Gasteiger partial charge in [-0.05, 0) is 36.1 Å². The Kier molecular flexibility index (Phi) is 2.36. The maximum absolute atomic E-state index is 11.0. The van der Waals surface area contributed by atoms with Crippen LogP contribution in [0.25, 0.3) is 10.8 Å². The molecule has 5 heteroatoms. The first-order valence-electron chi connectivity index (χ1n) is 4.66. The third-order valence-electron chi connectivity index (χ3n) is 2.54. The standard InChI is InChI=1S/C11H11NO3S/c1-7-2-5-11(12)10-6-8(16(13,14)15)3-4-9(7)10/h2-6H,12H2,1H3,(H,13,14,15). The smallest absolute Gasteiger partial charge is 0.294 e. The van der Waals surface area contributed by atoms with Crippen molar-refractivity contribution in [2.75, 3.05) is 5.73 Å². The number of anilines is 1. The van der Waals surface area contributed by atoms with E-state index in [0.717, 1.165) is 10.9 Å². The molecule has 0 bridgehead atoms. The van der Waals surface area contributed by atoms with E-state index in [1.165, 1.54) is 12.1 Å². The van der Waals surface area contributed by atoms with Gasteiger partial charge in [0.05, 0.1) is 4.90 Å². The van der Waals surface area contributed by atoms with Gasteiger partial charge in [-0.25, -0.2) is 0 Å². The van der Waals surface area contributed by atoms with Crippen LogP contribution in [-0.2, 0) is 10.1 Å². The minimum Gasteiger partial charge on any atom is -0.398 e. The number of hydrogen-bond donors (Lipinski definition) is 2. The number of nitrogen functional groups attached to an aromatic ring is 1. The van der Waals surface area contributed by atoms with Gasteiger partial charge in [0.1, 0.15) is 0 Å². The molecule has 0 heterocycles.